The third kappa shape index (κ3) is 4.46. The maximum absolute atomic E-state index is 12.5. The van der Waals surface area contributed by atoms with Crippen LogP contribution in [0, 0.1) is 0 Å². The number of carbonyl (C=O) groups excluding carboxylic acids is 3. The Morgan fingerprint density at radius 1 is 1.29 bits per heavy atom. The highest BCUT2D eigenvalue weighted by Crippen LogP contribution is 2.29. The maximum atomic E-state index is 12.5. The number of halogens is 3. The third-order valence-corrected chi connectivity index (χ3v) is 3.42. The molecule has 2 atom stereocenters. The highest BCUT2D eigenvalue weighted by molar-refractivity contribution is 5.96. The Hall–Kier alpha value is -2.58. The molecule has 0 unspecified atom stereocenters. The Morgan fingerprint density at radius 2 is 1.92 bits per heavy atom. The summed E-state index contributed by atoms with van der Waals surface area (Å²) < 4.78 is 42.3. The van der Waals surface area contributed by atoms with Crippen LogP contribution in [0.1, 0.15) is 25.3 Å². The molecule has 1 aromatic rings. The summed E-state index contributed by atoms with van der Waals surface area (Å²) in [4.78, 5) is 34.7. The van der Waals surface area contributed by atoms with Crippen LogP contribution in [0.4, 0.5) is 18.9 Å². The van der Waals surface area contributed by atoms with Crippen molar-refractivity contribution < 1.29 is 32.3 Å². The van der Waals surface area contributed by atoms with Crippen LogP contribution in [0.5, 0.6) is 0 Å². The van der Waals surface area contributed by atoms with Crippen molar-refractivity contribution in [3.63, 3.8) is 0 Å². The number of hydrogen-bond acceptors (Lipinski definition) is 4. The van der Waals surface area contributed by atoms with Crippen LogP contribution >= 0.6 is 0 Å². The molecule has 0 bridgehead atoms. The molecule has 1 aromatic carbocycles. The average Bonchev–Trinajstić information content (AvgIpc) is 2.93. The number of anilines is 1. The minimum Gasteiger partial charge on any atom is -0.451 e. The molecule has 24 heavy (non-hydrogen) atoms. The van der Waals surface area contributed by atoms with Crippen LogP contribution in [0.15, 0.2) is 24.3 Å². The van der Waals surface area contributed by atoms with E-state index in [4.69, 9.17) is 4.74 Å². The van der Waals surface area contributed by atoms with E-state index in [1.807, 2.05) is 0 Å². The fourth-order valence-electron chi connectivity index (χ4n) is 2.09. The number of amides is 2. The Labute approximate surface area is 135 Å². The van der Waals surface area contributed by atoms with Gasteiger partial charge in [-0.05, 0) is 37.6 Å². The lowest BCUT2D eigenvalue weighted by Crippen LogP contribution is -2.39. The first-order valence-electron chi connectivity index (χ1n) is 7.15. The summed E-state index contributed by atoms with van der Waals surface area (Å²) in [7, 11) is 0. The second-order valence-corrected chi connectivity index (χ2v) is 5.30. The fourth-order valence-corrected chi connectivity index (χ4v) is 2.09. The van der Waals surface area contributed by atoms with Crippen molar-refractivity contribution in [2.75, 3.05) is 5.32 Å². The predicted octanol–water partition coefficient (Wildman–Crippen LogP) is 1.85. The average molecular weight is 344 g/mol. The zero-order valence-electron chi connectivity index (χ0n) is 12.6. The van der Waals surface area contributed by atoms with Gasteiger partial charge in [0.05, 0.1) is 5.56 Å². The summed E-state index contributed by atoms with van der Waals surface area (Å²) in [6.07, 6.45) is -5.11. The van der Waals surface area contributed by atoms with Crippen LogP contribution in [0.3, 0.4) is 0 Å². The van der Waals surface area contributed by atoms with Crippen LogP contribution in [-0.2, 0) is 25.3 Å². The van der Waals surface area contributed by atoms with Crippen LogP contribution in [-0.4, -0.2) is 29.9 Å². The van der Waals surface area contributed by atoms with Crippen molar-refractivity contribution >= 4 is 23.5 Å². The first-order chi connectivity index (χ1) is 11.2. The van der Waals surface area contributed by atoms with E-state index in [1.54, 1.807) is 0 Å². The number of esters is 1. The van der Waals surface area contributed by atoms with Gasteiger partial charge in [-0.3, -0.25) is 9.59 Å². The SMILES string of the molecule is C[C@H](OC(=O)[C@H]1CCC(=O)N1)C(=O)Nc1ccc(C(F)(F)F)cc1. The lowest BCUT2D eigenvalue weighted by atomic mass is 10.2. The molecule has 2 N–H and O–H groups in total. The van der Waals surface area contributed by atoms with Gasteiger partial charge in [-0.15, -0.1) is 0 Å². The number of benzene rings is 1. The van der Waals surface area contributed by atoms with E-state index < -0.39 is 35.8 Å². The number of nitrogens with one attached hydrogen (secondary N) is 2. The van der Waals surface area contributed by atoms with Gasteiger partial charge in [-0.2, -0.15) is 13.2 Å². The predicted molar refractivity (Wildman–Crippen MR) is 76.8 cm³/mol. The minimum absolute atomic E-state index is 0.144. The van der Waals surface area contributed by atoms with E-state index in [1.165, 1.54) is 6.92 Å². The molecular formula is C15H15F3N2O4. The summed E-state index contributed by atoms with van der Waals surface area (Å²) >= 11 is 0. The van der Waals surface area contributed by atoms with E-state index in [9.17, 15) is 27.6 Å². The molecule has 0 spiro atoms. The lowest BCUT2D eigenvalue weighted by molar-refractivity contribution is -0.155. The quantitative estimate of drug-likeness (QED) is 0.817. The molecule has 1 fully saturated rings. The van der Waals surface area contributed by atoms with Crippen LogP contribution < -0.4 is 10.6 Å². The number of alkyl halides is 3. The van der Waals surface area contributed by atoms with Crippen molar-refractivity contribution in [2.45, 2.75) is 38.1 Å². The molecule has 1 saturated heterocycles. The fraction of sp³-hybridized carbons (Fsp3) is 0.400. The number of carbonyl (C=O) groups is 3. The van der Waals surface area contributed by atoms with Gasteiger partial charge >= 0.3 is 12.1 Å². The standard InChI is InChI=1S/C15H15F3N2O4/c1-8(24-14(23)11-6-7-12(21)20-11)13(22)19-10-4-2-9(3-5-10)15(16,17)18/h2-5,8,11H,6-7H2,1H3,(H,19,22)(H,20,21)/t8-,11+/m0/s1. The van der Waals surface area contributed by atoms with Crippen LogP contribution in [0.2, 0.25) is 0 Å². The molecule has 0 saturated carbocycles. The molecule has 9 heteroatoms. The minimum atomic E-state index is -4.46. The Balaban J connectivity index is 1.89. The zero-order valence-corrected chi connectivity index (χ0v) is 12.6. The molecule has 130 valence electrons. The smallest absolute Gasteiger partial charge is 0.416 e. The summed E-state index contributed by atoms with van der Waals surface area (Å²) in [6.45, 7) is 1.33. The van der Waals surface area contributed by atoms with E-state index >= 15 is 0 Å². The Morgan fingerprint density at radius 3 is 2.42 bits per heavy atom. The van der Waals surface area contributed by atoms with Crippen molar-refractivity contribution in [2.24, 2.45) is 0 Å². The van der Waals surface area contributed by atoms with Crippen LogP contribution in [0.25, 0.3) is 0 Å². The number of rotatable bonds is 4. The lowest BCUT2D eigenvalue weighted by Gasteiger charge is -2.16. The number of ether oxygens (including phenoxy) is 1. The van der Waals surface area contributed by atoms with Crippen molar-refractivity contribution in [1.29, 1.82) is 0 Å². The van der Waals surface area contributed by atoms with Crippen molar-refractivity contribution in [1.82, 2.24) is 5.32 Å². The zero-order chi connectivity index (χ0) is 17.9. The van der Waals surface area contributed by atoms with Gasteiger partial charge in [-0.25, -0.2) is 4.79 Å². The van der Waals surface area contributed by atoms with E-state index in [2.05, 4.69) is 10.6 Å². The number of hydrogen-bond donors (Lipinski definition) is 2. The molecule has 1 aliphatic rings. The summed E-state index contributed by atoms with van der Waals surface area (Å²) in [5.74, 6) is -1.68. The van der Waals surface area contributed by atoms with E-state index in [0.29, 0.717) is 6.42 Å². The molecule has 0 aliphatic carbocycles. The van der Waals surface area contributed by atoms with Gasteiger partial charge in [-0.1, -0.05) is 0 Å². The van der Waals surface area contributed by atoms with Crippen molar-refractivity contribution in [3.8, 4) is 0 Å². The van der Waals surface area contributed by atoms with E-state index in [-0.39, 0.29) is 18.0 Å². The first kappa shape index (κ1) is 17.8. The normalized spacial score (nSPS) is 18.7. The molecular weight excluding hydrogens is 329 g/mol. The van der Waals surface area contributed by atoms with Gasteiger partial charge in [0.15, 0.2) is 6.10 Å². The first-order valence-corrected chi connectivity index (χ1v) is 7.15. The highest BCUT2D eigenvalue weighted by atomic mass is 19.4. The molecule has 0 radical (unpaired) electrons. The van der Waals surface area contributed by atoms with E-state index in [0.717, 1.165) is 24.3 Å². The molecule has 1 aliphatic heterocycles. The Kier molecular flexibility index (Phi) is 5.10. The molecule has 2 amide bonds. The maximum Gasteiger partial charge on any atom is 0.416 e. The van der Waals surface area contributed by atoms with Crippen molar-refractivity contribution in [3.05, 3.63) is 29.8 Å². The van der Waals surface area contributed by atoms with Gasteiger partial charge in [0.1, 0.15) is 6.04 Å². The summed E-state index contributed by atoms with van der Waals surface area (Å²) in [6, 6.07) is 3.10. The third-order valence-electron chi connectivity index (χ3n) is 3.42. The second kappa shape index (κ2) is 6.90. The largest absolute Gasteiger partial charge is 0.451 e. The molecule has 1 heterocycles. The summed E-state index contributed by atoms with van der Waals surface area (Å²) in [5, 5.41) is 4.77. The monoisotopic (exact) mass is 344 g/mol. The topological polar surface area (TPSA) is 84.5 Å². The van der Waals surface area contributed by atoms with Gasteiger partial charge in [0.2, 0.25) is 5.91 Å². The van der Waals surface area contributed by atoms with Gasteiger partial charge < -0.3 is 15.4 Å². The summed E-state index contributed by atoms with van der Waals surface area (Å²) in [5.41, 5.74) is -0.693. The highest BCUT2D eigenvalue weighted by Gasteiger charge is 2.31. The molecule has 6 nitrogen and oxygen atoms in total. The molecule has 0 aromatic heterocycles. The van der Waals surface area contributed by atoms with Gasteiger partial charge in [0.25, 0.3) is 5.91 Å². The van der Waals surface area contributed by atoms with Gasteiger partial charge in [0, 0.05) is 12.1 Å². The molecule has 2 rings (SSSR count). The second-order valence-electron chi connectivity index (χ2n) is 5.30. The Bertz CT molecular complexity index is 643.